The summed E-state index contributed by atoms with van der Waals surface area (Å²) in [5.74, 6) is 0.242. The van der Waals surface area contributed by atoms with Gasteiger partial charge < -0.3 is 10.1 Å². The Morgan fingerprint density at radius 3 is 2.50 bits per heavy atom. The van der Waals surface area contributed by atoms with Crippen molar-refractivity contribution in [2.45, 2.75) is 6.92 Å². The molecule has 66 valence electrons. The van der Waals surface area contributed by atoms with Crippen molar-refractivity contribution in [2.75, 3.05) is 7.11 Å². The number of hydrogen-bond acceptors (Lipinski definition) is 2. The summed E-state index contributed by atoms with van der Waals surface area (Å²) in [7, 11) is 1.49. The smallest absolute Gasteiger partial charge is 0.221 e. The van der Waals surface area contributed by atoms with Gasteiger partial charge in [0.05, 0.1) is 12.8 Å². The zero-order chi connectivity index (χ0) is 9.56. The molecule has 0 saturated carbocycles. The second-order valence-electron chi connectivity index (χ2n) is 2.12. The molecule has 0 radical (unpaired) electrons. The van der Waals surface area contributed by atoms with Crippen LogP contribution in [0.2, 0.25) is 0 Å². The maximum Gasteiger partial charge on any atom is 0.221 e. The third-order valence-corrected chi connectivity index (χ3v) is 1.14. The SMILES string of the molecule is C=C/C=C(/NC(C)=O)C(=C)OC. The third-order valence-electron chi connectivity index (χ3n) is 1.14. The van der Waals surface area contributed by atoms with Crippen molar-refractivity contribution in [1.82, 2.24) is 5.32 Å². The van der Waals surface area contributed by atoms with Gasteiger partial charge in [-0.1, -0.05) is 19.2 Å². The highest BCUT2D eigenvalue weighted by Gasteiger charge is 2.02. The van der Waals surface area contributed by atoms with Crippen molar-refractivity contribution >= 4 is 5.91 Å². The minimum atomic E-state index is -0.165. The average Bonchev–Trinajstić information content (AvgIpc) is 2.01. The Labute approximate surface area is 72.4 Å². The van der Waals surface area contributed by atoms with Gasteiger partial charge in [0.25, 0.3) is 0 Å². The van der Waals surface area contributed by atoms with Gasteiger partial charge in [0.15, 0.2) is 0 Å². The monoisotopic (exact) mass is 167 g/mol. The molecule has 0 aromatic carbocycles. The lowest BCUT2D eigenvalue weighted by Gasteiger charge is -2.08. The van der Waals surface area contributed by atoms with Crippen LogP contribution in [0, 0.1) is 0 Å². The predicted molar refractivity (Wildman–Crippen MR) is 48.2 cm³/mol. The van der Waals surface area contributed by atoms with Gasteiger partial charge >= 0.3 is 0 Å². The molecular formula is C9H13NO2. The molecular weight excluding hydrogens is 154 g/mol. The van der Waals surface area contributed by atoms with Crippen molar-refractivity contribution in [1.29, 1.82) is 0 Å². The molecule has 3 heteroatoms. The molecule has 0 unspecified atom stereocenters. The summed E-state index contributed by atoms with van der Waals surface area (Å²) in [6.07, 6.45) is 3.17. The molecule has 0 spiro atoms. The topological polar surface area (TPSA) is 38.3 Å². The van der Waals surface area contributed by atoms with E-state index in [2.05, 4.69) is 18.5 Å². The van der Waals surface area contributed by atoms with Crippen LogP contribution in [0.1, 0.15) is 6.92 Å². The molecule has 0 atom stereocenters. The lowest BCUT2D eigenvalue weighted by Crippen LogP contribution is -2.20. The van der Waals surface area contributed by atoms with E-state index in [-0.39, 0.29) is 5.91 Å². The molecule has 0 rings (SSSR count). The Balaban J connectivity index is 4.44. The molecule has 0 fully saturated rings. The molecule has 1 amide bonds. The number of carbonyl (C=O) groups excluding carboxylic acids is 1. The number of rotatable bonds is 4. The van der Waals surface area contributed by atoms with E-state index < -0.39 is 0 Å². The number of allylic oxidation sites excluding steroid dienone is 2. The summed E-state index contributed by atoms with van der Waals surface area (Å²) in [4.78, 5) is 10.7. The van der Waals surface area contributed by atoms with E-state index in [0.29, 0.717) is 11.5 Å². The minimum absolute atomic E-state index is 0.165. The minimum Gasteiger partial charge on any atom is -0.495 e. The number of amides is 1. The molecule has 1 N–H and O–H groups in total. The van der Waals surface area contributed by atoms with Crippen molar-refractivity contribution < 1.29 is 9.53 Å². The van der Waals surface area contributed by atoms with E-state index in [1.165, 1.54) is 14.0 Å². The molecule has 12 heavy (non-hydrogen) atoms. The molecule has 3 nitrogen and oxygen atoms in total. The molecule has 0 saturated heterocycles. The van der Waals surface area contributed by atoms with Crippen molar-refractivity contribution in [3.05, 3.63) is 36.8 Å². The van der Waals surface area contributed by atoms with Gasteiger partial charge in [0, 0.05) is 6.92 Å². The molecule has 0 aromatic heterocycles. The standard InChI is InChI=1S/C9H13NO2/c1-5-6-9(7(2)12-4)10-8(3)11/h5-6H,1-2H2,3-4H3,(H,10,11)/b9-6+. The van der Waals surface area contributed by atoms with Gasteiger partial charge in [-0.15, -0.1) is 0 Å². The van der Waals surface area contributed by atoms with Crippen LogP contribution in [0.15, 0.2) is 36.8 Å². The van der Waals surface area contributed by atoms with Crippen LogP contribution >= 0.6 is 0 Å². The summed E-state index contributed by atoms with van der Waals surface area (Å²) in [6.45, 7) is 8.51. The van der Waals surface area contributed by atoms with Gasteiger partial charge in [-0.2, -0.15) is 0 Å². The van der Waals surface area contributed by atoms with Crippen LogP contribution in [-0.2, 0) is 9.53 Å². The number of hydrogen-bond donors (Lipinski definition) is 1. The van der Waals surface area contributed by atoms with Crippen LogP contribution in [0.3, 0.4) is 0 Å². The number of ether oxygens (including phenoxy) is 1. The van der Waals surface area contributed by atoms with Crippen LogP contribution in [0.25, 0.3) is 0 Å². The Bertz CT molecular complexity index is 229. The van der Waals surface area contributed by atoms with Gasteiger partial charge in [0.2, 0.25) is 5.91 Å². The predicted octanol–water partition coefficient (Wildman–Crippen LogP) is 1.35. The van der Waals surface area contributed by atoms with E-state index in [4.69, 9.17) is 4.74 Å². The summed E-state index contributed by atoms with van der Waals surface area (Å²) in [5, 5.41) is 2.56. The van der Waals surface area contributed by atoms with Crippen LogP contribution in [-0.4, -0.2) is 13.0 Å². The van der Waals surface area contributed by atoms with Crippen molar-refractivity contribution in [3.63, 3.8) is 0 Å². The maximum atomic E-state index is 10.7. The van der Waals surface area contributed by atoms with E-state index >= 15 is 0 Å². The Kier molecular flexibility index (Phi) is 4.53. The highest BCUT2D eigenvalue weighted by atomic mass is 16.5. The maximum absolute atomic E-state index is 10.7. The van der Waals surface area contributed by atoms with E-state index in [0.717, 1.165) is 0 Å². The summed E-state index contributed by atoms with van der Waals surface area (Å²) >= 11 is 0. The summed E-state index contributed by atoms with van der Waals surface area (Å²) in [6, 6.07) is 0. The van der Waals surface area contributed by atoms with Crippen LogP contribution in [0.5, 0.6) is 0 Å². The van der Waals surface area contributed by atoms with E-state index in [1.54, 1.807) is 12.2 Å². The Hall–Kier alpha value is -1.51. The molecule has 0 aromatic rings. The molecule has 0 aliphatic heterocycles. The largest absolute Gasteiger partial charge is 0.495 e. The highest BCUT2D eigenvalue weighted by molar-refractivity contribution is 5.75. The highest BCUT2D eigenvalue weighted by Crippen LogP contribution is 2.04. The van der Waals surface area contributed by atoms with E-state index in [1.807, 2.05) is 0 Å². The second-order valence-corrected chi connectivity index (χ2v) is 2.12. The normalized spacial score (nSPS) is 10.3. The first-order valence-electron chi connectivity index (χ1n) is 3.45. The fourth-order valence-electron chi connectivity index (χ4n) is 0.622. The first-order valence-corrected chi connectivity index (χ1v) is 3.45. The first-order chi connectivity index (χ1) is 5.61. The fourth-order valence-corrected chi connectivity index (χ4v) is 0.622. The van der Waals surface area contributed by atoms with Crippen molar-refractivity contribution in [3.8, 4) is 0 Å². The van der Waals surface area contributed by atoms with Gasteiger partial charge in [0.1, 0.15) is 5.76 Å². The first kappa shape index (κ1) is 10.5. The molecule has 0 aliphatic carbocycles. The van der Waals surface area contributed by atoms with Crippen LogP contribution < -0.4 is 5.32 Å². The van der Waals surface area contributed by atoms with E-state index in [9.17, 15) is 4.79 Å². The number of methoxy groups -OCH3 is 1. The lowest BCUT2D eigenvalue weighted by atomic mass is 10.3. The van der Waals surface area contributed by atoms with Gasteiger partial charge in [-0.05, 0) is 6.08 Å². The zero-order valence-corrected chi connectivity index (χ0v) is 7.39. The summed E-state index contributed by atoms with van der Waals surface area (Å²) < 4.78 is 4.84. The number of carbonyl (C=O) groups is 1. The van der Waals surface area contributed by atoms with Gasteiger partial charge in [-0.3, -0.25) is 4.79 Å². The number of nitrogens with one attached hydrogen (secondary N) is 1. The van der Waals surface area contributed by atoms with Crippen LogP contribution in [0.4, 0.5) is 0 Å². The lowest BCUT2D eigenvalue weighted by molar-refractivity contribution is -0.118. The zero-order valence-electron chi connectivity index (χ0n) is 7.39. The average molecular weight is 167 g/mol. The Morgan fingerprint density at radius 1 is 1.58 bits per heavy atom. The van der Waals surface area contributed by atoms with Crippen molar-refractivity contribution in [2.24, 2.45) is 0 Å². The Morgan fingerprint density at radius 2 is 2.17 bits per heavy atom. The van der Waals surface area contributed by atoms with Gasteiger partial charge in [-0.25, -0.2) is 0 Å². The molecule has 0 bridgehead atoms. The molecule has 0 aliphatic rings. The fraction of sp³-hybridized carbons (Fsp3) is 0.222. The second kappa shape index (κ2) is 5.18. The third kappa shape index (κ3) is 3.61. The summed E-state index contributed by atoms with van der Waals surface area (Å²) in [5.41, 5.74) is 0.528. The quantitative estimate of drug-likeness (QED) is 0.507. The molecule has 0 heterocycles.